The van der Waals surface area contributed by atoms with Crippen molar-refractivity contribution in [2.45, 2.75) is 91.1 Å². The fourth-order valence-corrected chi connectivity index (χ4v) is 6.48. The summed E-state index contributed by atoms with van der Waals surface area (Å²) in [6.07, 6.45) is 6.74. The second kappa shape index (κ2) is 18.4. The van der Waals surface area contributed by atoms with Crippen LogP contribution in [0.1, 0.15) is 97.6 Å². The van der Waals surface area contributed by atoms with Crippen LogP contribution in [0.3, 0.4) is 0 Å². The zero-order valence-electron chi connectivity index (χ0n) is 31.0. The van der Waals surface area contributed by atoms with Gasteiger partial charge in [0.1, 0.15) is 12.1 Å². The Morgan fingerprint density at radius 2 is 1.44 bits per heavy atom. The number of aryl methyl sites for hydroxylation is 1. The zero-order valence-corrected chi connectivity index (χ0v) is 31.8. The lowest BCUT2D eigenvalue weighted by Gasteiger charge is -2.20. The van der Waals surface area contributed by atoms with E-state index in [1.54, 1.807) is 12.3 Å². The van der Waals surface area contributed by atoms with Crippen molar-refractivity contribution in [1.82, 2.24) is 10.6 Å². The Bertz CT molecular complexity index is 1900. The largest absolute Gasteiger partial charge is 0.480 e. The third-order valence-corrected chi connectivity index (χ3v) is 10.3. The number of unbranched alkanes of at least 4 members (excludes halogenated alkanes) is 2. The molecule has 2 atom stereocenters. The maximum atomic E-state index is 13.2. The summed E-state index contributed by atoms with van der Waals surface area (Å²) in [7, 11) is 0. The van der Waals surface area contributed by atoms with E-state index in [1.165, 1.54) is 48.6 Å². The molecular formula is C43H50N4O4S. The third kappa shape index (κ3) is 11.2. The van der Waals surface area contributed by atoms with Gasteiger partial charge in [0.15, 0.2) is 5.84 Å². The van der Waals surface area contributed by atoms with Crippen LogP contribution in [-0.2, 0) is 27.8 Å². The molecule has 0 saturated carbocycles. The standard InChI is InChI=1S/C43H50N4O4S/c1-8-9-10-11-30-12-16-33(17-13-30)34-22-20-32(21-23-34)28(2)27-45-39(44-7)35-18-14-31(15-19-35)26-36(40(48)46-29(3)42(50)51)47-41(49)37-24-25-38(52-37)43(4,5)6/h12-25,27,29,36H,7-11,26H2,1-6H3,(H,46,48)(H,47,49)(H,50,51)/b28-27+,45-39?/t29-,36+/m1/s1. The molecule has 0 aliphatic carbocycles. The van der Waals surface area contributed by atoms with Gasteiger partial charge in [-0.05, 0) is 84.3 Å². The van der Waals surface area contributed by atoms with Crippen LogP contribution in [0, 0.1) is 0 Å². The number of carboxylic acid groups (broad SMARTS) is 1. The fourth-order valence-electron chi connectivity index (χ4n) is 5.51. The van der Waals surface area contributed by atoms with E-state index >= 15 is 0 Å². The molecule has 9 heteroatoms. The van der Waals surface area contributed by atoms with E-state index in [0.717, 1.165) is 39.1 Å². The van der Waals surface area contributed by atoms with Crippen molar-refractivity contribution in [3.8, 4) is 11.1 Å². The number of nitrogens with zero attached hydrogens (tertiary/aromatic N) is 2. The Labute approximate surface area is 311 Å². The number of allylic oxidation sites excluding steroid dienone is 1. The Morgan fingerprint density at radius 1 is 0.846 bits per heavy atom. The van der Waals surface area contributed by atoms with E-state index in [1.807, 2.05) is 37.3 Å². The summed E-state index contributed by atoms with van der Waals surface area (Å²) < 4.78 is 0. The van der Waals surface area contributed by atoms with Crippen LogP contribution in [0.15, 0.2) is 101 Å². The molecule has 272 valence electrons. The smallest absolute Gasteiger partial charge is 0.325 e. The summed E-state index contributed by atoms with van der Waals surface area (Å²) in [4.78, 5) is 48.1. The molecular weight excluding hydrogens is 669 g/mol. The number of carbonyl (C=O) groups is 3. The van der Waals surface area contributed by atoms with Gasteiger partial charge in [0.2, 0.25) is 5.91 Å². The number of thiophene rings is 1. The van der Waals surface area contributed by atoms with Gasteiger partial charge >= 0.3 is 5.97 Å². The van der Waals surface area contributed by atoms with Gasteiger partial charge in [0.05, 0.1) is 4.88 Å². The first-order chi connectivity index (χ1) is 24.8. The van der Waals surface area contributed by atoms with E-state index < -0.39 is 29.9 Å². The van der Waals surface area contributed by atoms with Crippen LogP contribution in [-0.4, -0.2) is 47.5 Å². The number of aliphatic imine (C=N–C) groups is 2. The zero-order chi connectivity index (χ0) is 37.8. The first kappa shape index (κ1) is 39.6. The number of hydrogen-bond acceptors (Lipinski definition) is 5. The van der Waals surface area contributed by atoms with Crippen molar-refractivity contribution in [2.24, 2.45) is 9.98 Å². The molecule has 0 saturated heterocycles. The number of rotatable bonds is 15. The first-order valence-electron chi connectivity index (χ1n) is 17.7. The highest BCUT2D eigenvalue weighted by atomic mass is 32.1. The average molecular weight is 719 g/mol. The molecule has 4 rings (SSSR count). The van der Waals surface area contributed by atoms with Crippen molar-refractivity contribution in [1.29, 1.82) is 0 Å². The van der Waals surface area contributed by atoms with Crippen molar-refractivity contribution >= 4 is 47.2 Å². The molecule has 2 amide bonds. The predicted molar refractivity (Wildman–Crippen MR) is 215 cm³/mol. The Balaban J connectivity index is 1.45. The summed E-state index contributed by atoms with van der Waals surface area (Å²) in [6.45, 7) is 15.5. The number of aliphatic carboxylic acids is 1. The lowest BCUT2D eigenvalue weighted by Crippen LogP contribution is -2.51. The second-order valence-corrected chi connectivity index (χ2v) is 15.1. The third-order valence-electron chi connectivity index (χ3n) is 8.80. The van der Waals surface area contributed by atoms with Gasteiger partial charge in [-0.3, -0.25) is 14.4 Å². The number of benzene rings is 3. The van der Waals surface area contributed by atoms with Crippen LogP contribution in [0.4, 0.5) is 0 Å². The van der Waals surface area contributed by atoms with Gasteiger partial charge in [0.25, 0.3) is 5.91 Å². The van der Waals surface area contributed by atoms with Gasteiger partial charge in [-0.25, -0.2) is 9.98 Å². The van der Waals surface area contributed by atoms with Gasteiger partial charge < -0.3 is 15.7 Å². The minimum absolute atomic E-state index is 0.123. The summed E-state index contributed by atoms with van der Waals surface area (Å²) >= 11 is 1.37. The minimum Gasteiger partial charge on any atom is -0.480 e. The average Bonchev–Trinajstić information content (AvgIpc) is 3.64. The van der Waals surface area contributed by atoms with Crippen LogP contribution >= 0.6 is 11.3 Å². The maximum Gasteiger partial charge on any atom is 0.325 e. The lowest BCUT2D eigenvalue weighted by atomic mass is 9.95. The molecule has 0 aliphatic rings. The Morgan fingerprint density at radius 3 is 2.00 bits per heavy atom. The number of carboxylic acids is 1. The van der Waals surface area contributed by atoms with Gasteiger partial charge in [-0.1, -0.05) is 113 Å². The Hall–Kier alpha value is -5.15. The van der Waals surface area contributed by atoms with Crippen LogP contribution in [0.5, 0.6) is 0 Å². The second-order valence-electron chi connectivity index (χ2n) is 14.1. The fraction of sp³-hybridized carbons (Fsp3) is 0.326. The van der Waals surface area contributed by atoms with E-state index in [9.17, 15) is 19.5 Å². The van der Waals surface area contributed by atoms with Crippen LogP contribution in [0.25, 0.3) is 16.7 Å². The number of amidine groups is 1. The Kier molecular flexibility index (Phi) is 14.0. The molecule has 0 radical (unpaired) electrons. The molecule has 0 aliphatic heterocycles. The predicted octanol–water partition coefficient (Wildman–Crippen LogP) is 8.88. The maximum absolute atomic E-state index is 13.2. The number of carbonyl (C=O) groups excluding carboxylic acids is 2. The highest BCUT2D eigenvalue weighted by Gasteiger charge is 2.26. The van der Waals surface area contributed by atoms with Crippen LogP contribution in [0.2, 0.25) is 0 Å². The summed E-state index contributed by atoms with van der Waals surface area (Å²) in [5, 5.41) is 14.7. The number of amides is 2. The van der Waals surface area contributed by atoms with Crippen molar-refractivity contribution in [3.05, 3.63) is 123 Å². The molecule has 0 spiro atoms. The molecule has 0 bridgehead atoms. The van der Waals surface area contributed by atoms with Gasteiger partial charge in [-0.15, -0.1) is 11.3 Å². The molecule has 0 fully saturated rings. The molecule has 4 aromatic rings. The highest BCUT2D eigenvalue weighted by Crippen LogP contribution is 2.29. The molecule has 3 aromatic carbocycles. The van der Waals surface area contributed by atoms with Gasteiger partial charge in [-0.2, -0.15) is 0 Å². The topological polar surface area (TPSA) is 120 Å². The highest BCUT2D eigenvalue weighted by molar-refractivity contribution is 7.14. The molecule has 0 unspecified atom stereocenters. The van der Waals surface area contributed by atoms with Crippen molar-refractivity contribution < 1.29 is 19.5 Å². The molecule has 52 heavy (non-hydrogen) atoms. The molecule has 8 nitrogen and oxygen atoms in total. The normalized spacial score (nSPS) is 13.3. The van der Waals surface area contributed by atoms with E-state index in [2.05, 4.69) is 104 Å². The number of hydrogen-bond donors (Lipinski definition) is 3. The van der Waals surface area contributed by atoms with E-state index in [0.29, 0.717) is 10.7 Å². The van der Waals surface area contributed by atoms with Gasteiger partial charge in [0, 0.05) is 23.1 Å². The summed E-state index contributed by atoms with van der Waals surface area (Å²) in [5.74, 6) is -1.71. The summed E-state index contributed by atoms with van der Waals surface area (Å²) in [5.41, 5.74) is 7.10. The minimum atomic E-state index is -1.17. The SMILES string of the molecule is C=NC(=N/C=C(\C)c1ccc(-c2ccc(CCCCC)cc2)cc1)c1ccc(C[C@H](NC(=O)c2ccc(C(C)(C)C)s2)C(=O)N[C@H](C)C(=O)O)cc1. The number of nitrogens with one attached hydrogen (secondary N) is 2. The van der Waals surface area contributed by atoms with Crippen molar-refractivity contribution in [2.75, 3.05) is 0 Å². The monoisotopic (exact) mass is 718 g/mol. The first-order valence-corrected chi connectivity index (χ1v) is 18.6. The quantitative estimate of drug-likeness (QED) is 0.0646. The van der Waals surface area contributed by atoms with Crippen molar-refractivity contribution in [3.63, 3.8) is 0 Å². The van der Waals surface area contributed by atoms with E-state index in [-0.39, 0.29) is 11.8 Å². The summed E-state index contributed by atoms with van der Waals surface area (Å²) in [6, 6.07) is 26.1. The molecule has 1 heterocycles. The molecule has 1 aromatic heterocycles. The molecule has 3 N–H and O–H groups in total. The van der Waals surface area contributed by atoms with E-state index in [4.69, 9.17) is 0 Å². The van der Waals surface area contributed by atoms with Crippen LogP contribution < -0.4 is 10.6 Å². The lowest BCUT2D eigenvalue weighted by molar-refractivity contribution is -0.141.